The van der Waals surface area contributed by atoms with E-state index in [0.717, 1.165) is 31.4 Å². The fourth-order valence-electron chi connectivity index (χ4n) is 2.99. The van der Waals surface area contributed by atoms with Crippen LogP contribution >= 0.6 is 0 Å². The highest BCUT2D eigenvalue weighted by Gasteiger charge is 2.29. The molecule has 2 aromatic rings. The molecule has 1 heterocycles. The zero-order chi connectivity index (χ0) is 14.1. The Morgan fingerprint density at radius 1 is 1.40 bits per heavy atom. The van der Waals surface area contributed by atoms with Gasteiger partial charge in [0.15, 0.2) is 0 Å². The molecule has 1 aromatic carbocycles. The molecule has 4 heteroatoms. The summed E-state index contributed by atoms with van der Waals surface area (Å²) < 4.78 is 11.0. The summed E-state index contributed by atoms with van der Waals surface area (Å²) in [7, 11) is 0. The summed E-state index contributed by atoms with van der Waals surface area (Å²) >= 11 is 0. The van der Waals surface area contributed by atoms with Crippen molar-refractivity contribution in [3.8, 4) is 5.75 Å². The monoisotopic (exact) mass is 274 g/mol. The molecule has 3 rings (SSSR count). The van der Waals surface area contributed by atoms with Crippen molar-refractivity contribution in [2.75, 3.05) is 6.61 Å². The molecule has 1 fully saturated rings. The Morgan fingerprint density at radius 3 is 2.85 bits per heavy atom. The van der Waals surface area contributed by atoms with Gasteiger partial charge in [0.25, 0.3) is 0 Å². The normalized spacial score (nSPS) is 15.8. The van der Waals surface area contributed by atoms with Crippen molar-refractivity contribution < 1.29 is 19.1 Å². The van der Waals surface area contributed by atoms with E-state index in [1.807, 2.05) is 0 Å². The topological polar surface area (TPSA) is 59.7 Å². The van der Waals surface area contributed by atoms with Crippen LogP contribution in [0, 0.1) is 0 Å². The summed E-state index contributed by atoms with van der Waals surface area (Å²) in [6.07, 6.45) is 4.40. The van der Waals surface area contributed by atoms with Crippen molar-refractivity contribution in [2.45, 2.75) is 38.5 Å². The Hall–Kier alpha value is -1.97. The Kier molecular flexibility index (Phi) is 3.38. The van der Waals surface area contributed by atoms with Gasteiger partial charge in [0, 0.05) is 11.3 Å². The number of furan rings is 1. The molecule has 0 amide bonds. The average molecular weight is 274 g/mol. The van der Waals surface area contributed by atoms with E-state index in [1.54, 1.807) is 25.1 Å². The molecule has 1 aromatic heterocycles. The second-order valence-electron chi connectivity index (χ2n) is 5.22. The molecule has 0 bridgehead atoms. The first kappa shape index (κ1) is 13.0. The second-order valence-corrected chi connectivity index (χ2v) is 5.22. The molecule has 0 saturated heterocycles. The number of benzene rings is 1. The highest BCUT2D eigenvalue weighted by atomic mass is 16.5. The Labute approximate surface area is 117 Å². The molecule has 0 spiro atoms. The van der Waals surface area contributed by atoms with E-state index in [-0.39, 0.29) is 17.6 Å². The minimum absolute atomic E-state index is 0.127. The lowest BCUT2D eigenvalue weighted by molar-refractivity contribution is 0.0525. The van der Waals surface area contributed by atoms with Gasteiger partial charge in [-0.15, -0.1) is 0 Å². The first-order valence-electron chi connectivity index (χ1n) is 7.13. The van der Waals surface area contributed by atoms with Crippen LogP contribution in [-0.2, 0) is 4.74 Å². The summed E-state index contributed by atoms with van der Waals surface area (Å²) in [4.78, 5) is 12.2. The summed E-state index contributed by atoms with van der Waals surface area (Å²) in [5, 5.41) is 10.3. The summed E-state index contributed by atoms with van der Waals surface area (Å²) in [6, 6.07) is 4.84. The lowest BCUT2D eigenvalue weighted by atomic mass is 9.99. The van der Waals surface area contributed by atoms with Gasteiger partial charge in [-0.3, -0.25) is 0 Å². The highest BCUT2D eigenvalue weighted by molar-refractivity contribution is 6.05. The number of phenols is 1. The molecule has 4 nitrogen and oxygen atoms in total. The van der Waals surface area contributed by atoms with Crippen molar-refractivity contribution >= 4 is 16.9 Å². The van der Waals surface area contributed by atoms with Gasteiger partial charge in [-0.1, -0.05) is 12.8 Å². The number of carbonyl (C=O) groups is 1. The first-order valence-corrected chi connectivity index (χ1v) is 7.13. The number of phenolic OH excluding ortho intramolecular Hbond substituents is 1. The largest absolute Gasteiger partial charge is 0.508 e. The average Bonchev–Trinajstić information content (AvgIpc) is 3.05. The smallest absolute Gasteiger partial charge is 0.342 e. The maximum absolute atomic E-state index is 12.2. The molecular formula is C16H18O4. The third kappa shape index (κ3) is 2.15. The lowest BCUT2D eigenvalue weighted by Crippen LogP contribution is -2.08. The van der Waals surface area contributed by atoms with Gasteiger partial charge in [0.05, 0.1) is 6.61 Å². The highest BCUT2D eigenvalue weighted by Crippen LogP contribution is 2.40. The number of ether oxygens (including phenoxy) is 1. The number of aromatic hydroxyl groups is 1. The summed E-state index contributed by atoms with van der Waals surface area (Å²) in [5.41, 5.74) is 1.12. The number of hydrogen-bond donors (Lipinski definition) is 1. The zero-order valence-electron chi connectivity index (χ0n) is 11.5. The van der Waals surface area contributed by atoms with E-state index in [9.17, 15) is 9.90 Å². The van der Waals surface area contributed by atoms with E-state index >= 15 is 0 Å². The lowest BCUT2D eigenvalue weighted by Gasteiger charge is -2.08. The van der Waals surface area contributed by atoms with Crippen LogP contribution in [0.3, 0.4) is 0 Å². The van der Waals surface area contributed by atoms with Crippen LogP contribution in [0.15, 0.2) is 22.6 Å². The SMILES string of the molecule is CCOC(=O)c1c(C2CCCC2)oc2ccc(O)cc12. The molecule has 0 radical (unpaired) electrons. The molecular weight excluding hydrogens is 256 g/mol. The molecule has 106 valence electrons. The Balaban J connectivity index is 2.16. The van der Waals surface area contributed by atoms with Gasteiger partial charge in [-0.05, 0) is 38.0 Å². The predicted octanol–water partition coefficient (Wildman–Crippen LogP) is 3.97. The van der Waals surface area contributed by atoms with Gasteiger partial charge in [0.2, 0.25) is 0 Å². The number of fused-ring (bicyclic) bond motifs is 1. The van der Waals surface area contributed by atoms with Crippen molar-refractivity contribution in [1.82, 2.24) is 0 Å². The van der Waals surface area contributed by atoms with Crippen molar-refractivity contribution in [1.29, 1.82) is 0 Å². The third-order valence-electron chi connectivity index (χ3n) is 3.90. The molecule has 0 atom stereocenters. The zero-order valence-corrected chi connectivity index (χ0v) is 11.5. The van der Waals surface area contributed by atoms with E-state index in [4.69, 9.17) is 9.15 Å². The molecule has 0 aliphatic heterocycles. The van der Waals surface area contributed by atoms with Gasteiger partial charge < -0.3 is 14.3 Å². The fraction of sp³-hybridized carbons (Fsp3) is 0.438. The Morgan fingerprint density at radius 2 is 2.15 bits per heavy atom. The summed E-state index contributed by atoms with van der Waals surface area (Å²) in [6.45, 7) is 2.11. The van der Waals surface area contributed by atoms with Crippen molar-refractivity contribution in [3.05, 3.63) is 29.5 Å². The molecule has 1 N–H and O–H groups in total. The number of hydrogen-bond acceptors (Lipinski definition) is 4. The minimum Gasteiger partial charge on any atom is -0.508 e. The number of rotatable bonds is 3. The fourth-order valence-corrected chi connectivity index (χ4v) is 2.99. The van der Waals surface area contributed by atoms with Crippen molar-refractivity contribution in [2.24, 2.45) is 0 Å². The second kappa shape index (κ2) is 5.19. The maximum atomic E-state index is 12.2. The molecule has 0 unspecified atom stereocenters. The van der Waals surface area contributed by atoms with Gasteiger partial charge in [-0.2, -0.15) is 0 Å². The standard InChI is InChI=1S/C16H18O4/c1-2-19-16(18)14-12-9-11(17)7-8-13(12)20-15(14)10-5-3-4-6-10/h7-10,17H,2-6H2,1H3. The van der Waals surface area contributed by atoms with Crippen LogP contribution in [0.25, 0.3) is 11.0 Å². The van der Waals surface area contributed by atoms with E-state index < -0.39 is 0 Å². The van der Waals surface area contributed by atoms with E-state index in [1.165, 1.54) is 0 Å². The van der Waals surface area contributed by atoms with Gasteiger partial charge in [0.1, 0.15) is 22.7 Å². The Bertz CT molecular complexity index is 635. The van der Waals surface area contributed by atoms with Crippen LogP contribution in [0.2, 0.25) is 0 Å². The van der Waals surface area contributed by atoms with E-state index in [2.05, 4.69) is 0 Å². The third-order valence-corrected chi connectivity index (χ3v) is 3.90. The first-order chi connectivity index (χ1) is 9.70. The quantitative estimate of drug-likeness (QED) is 0.860. The molecule has 1 aliphatic carbocycles. The maximum Gasteiger partial charge on any atom is 0.342 e. The van der Waals surface area contributed by atoms with Crippen LogP contribution in [-0.4, -0.2) is 17.7 Å². The molecule has 1 aliphatic rings. The van der Waals surface area contributed by atoms with Gasteiger partial charge >= 0.3 is 5.97 Å². The molecule has 20 heavy (non-hydrogen) atoms. The van der Waals surface area contributed by atoms with Crippen LogP contribution in [0.5, 0.6) is 5.75 Å². The summed E-state index contributed by atoms with van der Waals surface area (Å²) in [5.74, 6) is 0.770. The van der Waals surface area contributed by atoms with Crippen LogP contribution in [0.1, 0.15) is 54.6 Å². The molecule has 1 saturated carbocycles. The predicted molar refractivity (Wildman–Crippen MR) is 75.0 cm³/mol. The van der Waals surface area contributed by atoms with Crippen molar-refractivity contribution in [3.63, 3.8) is 0 Å². The number of carbonyl (C=O) groups excluding carboxylic acids is 1. The van der Waals surface area contributed by atoms with Crippen LogP contribution < -0.4 is 0 Å². The van der Waals surface area contributed by atoms with Crippen LogP contribution in [0.4, 0.5) is 0 Å². The number of esters is 1. The van der Waals surface area contributed by atoms with E-state index in [0.29, 0.717) is 23.1 Å². The minimum atomic E-state index is -0.362. The van der Waals surface area contributed by atoms with Gasteiger partial charge in [-0.25, -0.2) is 4.79 Å².